The van der Waals surface area contributed by atoms with Gasteiger partial charge in [-0.05, 0) is 48.5 Å². The van der Waals surface area contributed by atoms with Gasteiger partial charge in [-0.2, -0.15) is 18.2 Å². The molecule has 0 amide bonds. The van der Waals surface area contributed by atoms with Crippen molar-refractivity contribution in [2.75, 3.05) is 26.9 Å². The number of benzene rings is 1. The van der Waals surface area contributed by atoms with Gasteiger partial charge in [0.2, 0.25) is 6.23 Å². The number of alkyl halides is 3. The summed E-state index contributed by atoms with van der Waals surface area (Å²) in [6.45, 7) is 1.86. The van der Waals surface area contributed by atoms with Crippen LogP contribution in [0.2, 0.25) is 5.02 Å². The smallest absolute Gasteiger partial charge is 0.452 e. The van der Waals surface area contributed by atoms with Gasteiger partial charge < -0.3 is 28.9 Å². The SMILES string of the molecule is CN1C(C(F)(F)F)=NOC1c1ccc(C2=CC=C(c3nc4nc(OCC5CO[C@H]6C5OCC65CC5)[nH]c4cc3Cl)CC2)cc1. The Hall–Kier alpha value is -3.61. The minimum atomic E-state index is -4.57. The Morgan fingerprint density at radius 3 is 2.57 bits per heavy atom. The number of allylic oxidation sites excluding steroid dienone is 4. The summed E-state index contributed by atoms with van der Waals surface area (Å²) in [5.41, 5.74) is 5.77. The molecule has 230 valence electrons. The van der Waals surface area contributed by atoms with Crippen LogP contribution < -0.4 is 4.74 Å². The van der Waals surface area contributed by atoms with Crippen LogP contribution in [0, 0.1) is 11.3 Å². The van der Waals surface area contributed by atoms with E-state index in [-0.39, 0.29) is 23.5 Å². The zero-order valence-corrected chi connectivity index (χ0v) is 24.5. The molecule has 9 nitrogen and oxygen atoms in total. The fraction of sp³-hybridized carbons (Fsp3) is 0.452. The van der Waals surface area contributed by atoms with E-state index < -0.39 is 18.2 Å². The molecule has 5 aliphatic rings. The first-order valence-electron chi connectivity index (χ1n) is 14.7. The number of pyridine rings is 1. The van der Waals surface area contributed by atoms with E-state index in [0.29, 0.717) is 53.1 Å². The number of nitrogens with one attached hydrogen (secondary N) is 1. The molecule has 13 heteroatoms. The second kappa shape index (κ2) is 10.2. The van der Waals surface area contributed by atoms with Crippen LogP contribution in [0.25, 0.3) is 22.3 Å². The van der Waals surface area contributed by atoms with Crippen molar-refractivity contribution in [1.82, 2.24) is 19.9 Å². The van der Waals surface area contributed by atoms with Gasteiger partial charge in [0.05, 0.1) is 48.3 Å². The molecule has 0 bridgehead atoms. The van der Waals surface area contributed by atoms with Crippen molar-refractivity contribution < 1.29 is 32.2 Å². The van der Waals surface area contributed by atoms with Crippen molar-refractivity contribution in [3.05, 3.63) is 64.3 Å². The molecule has 1 aromatic carbocycles. The number of hydrogen-bond acceptors (Lipinski definition) is 8. The molecule has 2 aliphatic carbocycles. The maximum Gasteiger partial charge on any atom is 0.452 e. The van der Waals surface area contributed by atoms with Crippen LogP contribution in [0.5, 0.6) is 6.01 Å². The molecule has 1 N–H and O–H groups in total. The monoisotopic (exact) mass is 627 g/mol. The molecule has 2 aromatic heterocycles. The van der Waals surface area contributed by atoms with E-state index in [0.717, 1.165) is 34.6 Å². The summed E-state index contributed by atoms with van der Waals surface area (Å²) in [5, 5.41) is 3.74. The predicted molar refractivity (Wildman–Crippen MR) is 156 cm³/mol. The third-order valence-corrected chi connectivity index (χ3v) is 9.64. The summed E-state index contributed by atoms with van der Waals surface area (Å²) in [4.78, 5) is 18.5. The maximum atomic E-state index is 13.1. The second-order valence-electron chi connectivity index (χ2n) is 12.2. The zero-order valence-electron chi connectivity index (χ0n) is 23.7. The van der Waals surface area contributed by atoms with E-state index in [1.54, 1.807) is 12.1 Å². The van der Waals surface area contributed by atoms with Gasteiger partial charge in [-0.3, -0.25) is 0 Å². The summed E-state index contributed by atoms with van der Waals surface area (Å²) in [6.07, 6.45) is 2.61. The van der Waals surface area contributed by atoms with E-state index in [9.17, 15) is 13.2 Å². The first-order chi connectivity index (χ1) is 21.2. The quantitative estimate of drug-likeness (QED) is 0.344. The lowest BCUT2D eigenvalue weighted by atomic mass is 9.91. The zero-order chi connectivity index (χ0) is 30.2. The van der Waals surface area contributed by atoms with Crippen molar-refractivity contribution in [3.63, 3.8) is 0 Å². The van der Waals surface area contributed by atoms with Gasteiger partial charge in [0.15, 0.2) is 5.65 Å². The molecule has 1 spiro atoms. The first kappa shape index (κ1) is 27.9. The topological polar surface area (TPSA) is 94.1 Å². The molecule has 44 heavy (non-hydrogen) atoms. The number of aromatic amines is 1. The molecular formula is C31H29ClF3N5O4. The highest BCUT2D eigenvalue weighted by atomic mass is 35.5. The maximum absolute atomic E-state index is 13.1. The van der Waals surface area contributed by atoms with Gasteiger partial charge in [0.25, 0.3) is 11.8 Å². The highest BCUT2D eigenvalue weighted by molar-refractivity contribution is 6.32. The summed E-state index contributed by atoms with van der Waals surface area (Å²) in [6, 6.07) is 9.49. The van der Waals surface area contributed by atoms with Crippen LogP contribution in [0.15, 0.2) is 47.6 Å². The first-order valence-corrected chi connectivity index (χ1v) is 15.0. The number of aromatic nitrogens is 3. The van der Waals surface area contributed by atoms with Crippen LogP contribution in [0.4, 0.5) is 13.2 Å². The number of hydrogen-bond donors (Lipinski definition) is 1. The van der Waals surface area contributed by atoms with Gasteiger partial charge in [0, 0.05) is 23.9 Å². The van der Waals surface area contributed by atoms with Gasteiger partial charge in [0.1, 0.15) is 0 Å². The number of nitrogens with zero attached hydrogens (tertiary/aromatic N) is 4. The molecular weight excluding hydrogens is 599 g/mol. The number of H-pyrrole nitrogens is 1. The van der Waals surface area contributed by atoms with Crippen LogP contribution >= 0.6 is 11.6 Å². The van der Waals surface area contributed by atoms with Crippen LogP contribution in [0.1, 0.15) is 48.7 Å². The van der Waals surface area contributed by atoms with Crippen molar-refractivity contribution in [2.24, 2.45) is 16.5 Å². The highest BCUT2D eigenvalue weighted by Gasteiger charge is 2.62. The van der Waals surface area contributed by atoms with Gasteiger partial charge in [-0.1, -0.05) is 53.2 Å². The molecule has 3 aromatic rings. The average Bonchev–Trinajstić information content (AvgIpc) is 3.30. The Labute approximate surface area is 255 Å². The summed E-state index contributed by atoms with van der Waals surface area (Å²) >= 11 is 6.66. The molecule has 5 heterocycles. The van der Waals surface area contributed by atoms with Crippen LogP contribution in [-0.2, 0) is 14.3 Å². The number of halogens is 4. The van der Waals surface area contributed by atoms with Gasteiger partial charge >= 0.3 is 6.18 Å². The standard InChI is InChI=1S/C31H29ClF3N5O4/c1-40-27(44-39-28(40)31(33,34)35)19-8-4-17(5-9-19)16-2-6-18(7-3-16)23-21(32)12-22-26(37-23)38-29(36-22)42-14-20-13-41-25-24(20)43-15-30(25)10-11-30/h2,4-6,8-9,12,20,24-25,27H,3,7,10-11,13-15H2,1H3,(H,36,37,38)/t20?,24?,25-,27?/m0/s1. The molecule has 4 atom stereocenters. The Morgan fingerprint density at radius 1 is 1.09 bits per heavy atom. The number of amidine groups is 1. The van der Waals surface area contributed by atoms with E-state index in [2.05, 4.69) is 15.1 Å². The van der Waals surface area contributed by atoms with E-state index in [4.69, 9.17) is 35.6 Å². The van der Waals surface area contributed by atoms with Crippen molar-refractivity contribution >= 4 is 39.7 Å². The number of ether oxygens (including phenoxy) is 3. The van der Waals surface area contributed by atoms with Crippen LogP contribution in [0.3, 0.4) is 0 Å². The lowest BCUT2D eigenvalue weighted by molar-refractivity contribution is -0.0685. The fourth-order valence-electron chi connectivity index (χ4n) is 6.68. The molecule has 1 saturated carbocycles. The van der Waals surface area contributed by atoms with Crippen molar-refractivity contribution in [1.29, 1.82) is 0 Å². The Kier molecular flexibility index (Phi) is 6.48. The number of oxime groups is 1. The average molecular weight is 628 g/mol. The Morgan fingerprint density at radius 2 is 1.86 bits per heavy atom. The minimum Gasteiger partial charge on any atom is -0.464 e. The highest BCUT2D eigenvalue weighted by Crippen LogP contribution is 2.58. The van der Waals surface area contributed by atoms with E-state index in [1.165, 1.54) is 19.9 Å². The Bertz CT molecular complexity index is 1720. The molecule has 3 unspecified atom stereocenters. The molecule has 3 fully saturated rings. The van der Waals surface area contributed by atoms with Crippen molar-refractivity contribution in [2.45, 2.75) is 50.3 Å². The molecule has 2 saturated heterocycles. The van der Waals surface area contributed by atoms with Gasteiger partial charge in [-0.25, -0.2) is 4.98 Å². The predicted octanol–water partition coefficient (Wildman–Crippen LogP) is 6.28. The molecule has 3 aliphatic heterocycles. The second-order valence-corrected chi connectivity index (χ2v) is 12.6. The third-order valence-electron chi connectivity index (χ3n) is 9.35. The number of fused-ring (bicyclic) bond motifs is 3. The summed E-state index contributed by atoms with van der Waals surface area (Å²) in [7, 11) is 1.31. The normalized spacial score (nSPS) is 27.3. The van der Waals surface area contributed by atoms with Crippen molar-refractivity contribution in [3.8, 4) is 6.01 Å². The third kappa shape index (κ3) is 4.74. The van der Waals surface area contributed by atoms with Crippen LogP contribution in [-0.4, -0.2) is 70.9 Å². The summed E-state index contributed by atoms with van der Waals surface area (Å²) in [5.74, 6) is -0.885. The van der Waals surface area contributed by atoms with E-state index in [1.807, 2.05) is 30.4 Å². The van der Waals surface area contributed by atoms with E-state index >= 15 is 0 Å². The molecule has 0 radical (unpaired) electrons. The lowest BCUT2D eigenvalue weighted by Gasteiger charge is -2.22. The fourth-order valence-corrected chi connectivity index (χ4v) is 6.96. The largest absolute Gasteiger partial charge is 0.464 e. The Balaban J connectivity index is 0.939. The van der Waals surface area contributed by atoms with Gasteiger partial charge in [-0.15, -0.1) is 0 Å². The summed E-state index contributed by atoms with van der Waals surface area (Å²) < 4.78 is 57.5. The molecule has 8 rings (SSSR count). The minimum absolute atomic E-state index is 0.0827. The number of rotatable bonds is 6. The number of imidazole rings is 1. The lowest BCUT2D eigenvalue weighted by Crippen LogP contribution is -2.36.